The summed E-state index contributed by atoms with van der Waals surface area (Å²) in [6, 6.07) is 2.48. The highest BCUT2D eigenvalue weighted by Gasteiger charge is 2.26. The van der Waals surface area contributed by atoms with Gasteiger partial charge in [0.2, 0.25) is 5.95 Å². The van der Waals surface area contributed by atoms with Crippen molar-refractivity contribution in [3.8, 4) is 0 Å². The highest BCUT2D eigenvalue weighted by Crippen LogP contribution is 2.19. The van der Waals surface area contributed by atoms with E-state index in [1.165, 1.54) is 12.3 Å². The van der Waals surface area contributed by atoms with Gasteiger partial charge in [-0.3, -0.25) is 4.79 Å². The van der Waals surface area contributed by atoms with Crippen molar-refractivity contribution in [1.29, 1.82) is 0 Å². The van der Waals surface area contributed by atoms with Crippen LogP contribution >= 0.6 is 0 Å². The van der Waals surface area contributed by atoms with Crippen LogP contribution in [-0.2, 0) is 0 Å². The van der Waals surface area contributed by atoms with E-state index in [9.17, 15) is 14.3 Å². The van der Waals surface area contributed by atoms with E-state index in [0.717, 1.165) is 25.3 Å². The summed E-state index contributed by atoms with van der Waals surface area (Å²) in [5.41, 5.74) is 0.290. The summed E-state index contributed by atoms with van der Waals surface area (Å²) in [5, 5.41) is 9.23. The second-order valence-corrected chi connectivity index (χ2v) is 4.20. The van der Waals surface area contributed by atoms with Crippen molar-refractivity contribution in [3.05, 3.63) is 29.8 Å². The molecule has 1 unspecified atom stereocenters. The maximum atomic E-state index is 12.9. The molecule has 0 radical (unpaired) electrons. The molecule has 5 heteroatoms. The molecule has 0 saturated carbocycles. The Kier molecular flexibility index (Phi) is 3.68. The van der Waals surface area contributed by atoms with E-state index < -0.39 is 5.95 Å². The number of pyridine rings is 1. The minimum Gasteiger partial charge on any atom is -0.394 e. The lowest BCUT2D eigenvalue weighted by Crippen LogP contribution is -2.45. The number of rotatable bonds is 2. The van der Waals surface area contributed by atoms with E-state index in [2.05, 4.69) is 4.98 Å². The lowest BCUT2D eigenvalue weighted by atomic mass is 10.0. The fourth-order valence-electron chi connectivity index (χ4n) is 2.16. The number of carbonyl (C=O) groups excluding carboxylic acids is 1. The van der Waals surface area contributed by atoms with Crippen LogP contribution in [0.3, 0.4) is 0 Å². The predicted molar refractivity (Wildman–Crippen MR) is 60.0 cm³/mol. The highest BCUT2D eigenvalue weighted by atomic mass is 19.1. The lowest BCUT2D eigenvalue weighted by Gasteiger charge is -2.34. The first-order chi connectivity index (χ1) is 8.22. The van der Waals surface area contributed by atoms with Gasteiger partial charge in [0.1, 0.15) is 0 Å². The molecule has 1 aliphatic rings. The smallest absolute Gasteiger partial charge is 0.254 e. The number of aliphatic hydroxyl groups is 1. The van der Waals surface area contributed by atoms with Gasteiger partial charge in [-0.05, 0) is 25.3 Å². The number of amides is 1. The number of piperidine rings is 1. The van der Waals surface area contributed by atoms with E-state index in [-0.39, 0.29) is 24.1 Å². The molecule has 1 fully saturated rings. The molecular weight excluding hydrogens is 223 g/mol. The first-order valence-corrected chi connectivity index (χ1v) is 5.76. The Morgan fingerprint density at radius 3 is 3.12 bits per heavy atom. The number of nitrogens with zero attached hydrogens (tertiary/aromatic N) is 2. The van der Waals surface area contributed by atoms with E-state index in [1.54, 1.807) is 4.90 Å². The summed E-state index contributed by atoms with van der Waals surface area (Å²) < 4.78 is 12.9. The Labute approximate surface area is 99.1 Å². The Hall–Kier alpha value is -1.49. The van der Waals surface area contributed by atoms with E-state index >= 15 is 0 Å². The zero-order chi connectivity index (χ0) is 12.3. The molecule has 1 atom stereocenters. The van der Waals surface area contributed by atoms with Gasteiger partial charge in [0.25, 0.3) is 5.91 Å². The first kappa shape index (κ1) is 12.0. The SMILES string of the molecule is O=C(c1ccnc(F)c1)N1CCCCC1CO. The fourth-order valence-corrected chi connectivity index (χ4v) is 2.16. The molecule has 92 valence electrons. The van der Waals surface area contributed by atoms with Gasteiger partial charge in [0.05, 0.1) is 12.6 Å². The van der Waals surface area contributed by atoms with Crippen molar-refractivity contribution in [2.75, 3.05) is 13.2 Å². The Morgan fingerprint density at radius 1 is 1.59 bits per heavy atom. The van der Waals surface area contributed by atoms with Crippen molar-refractivity contribution >= 4 is 5.91 Å². The van der Waals surface area contributed by atoms with Crippen LogP contribution in [0.25, 0.3) is 0 Å². The molecular formula is C12H15FN2O2. The van der Waals surface area contributed by atoms with E-state index in [4.69, 9.17) is 0 Å². The van der Waals surface area contributed by atoms with Crippen molar-refractivity contribution < 1.29 is 14.3 Å². The predicted octanol–water partition coefficient (Wildman–Crippen LogP) is 1.21. The van der Waals surface area contributed by atoms with Crippen LogP contribution in [-0.4, -0.2) is 40.1 Å². The van der Waals surface area contributed by atoms with Gasteiger partial charge in [-0.25, -0.2) is 4.98 Å². The molecule has 17 heavy (non-hydrogen) atoms. The van der Waals surface area contributed by atoms with Gasteiger partial charge in [0, 0.05) is 24.4 Å². The maximum Gasteiger partial charge on any atom is 0.254 e. The van der Waals surface area contributed by atoms with Crippen LogP contribution in [0.15, 0.2) is 18.3 Å². The molecule has 1 aliphatic heterocycles. The molecule has 1 saturated heterocycles. The molecule has 2 heterocycles. The van der Waals surface area contributed by atoms with Gasteiger partial charge < -0.3 is 10.0 Å². The quantitative estimate of drug-likeness (QED) is 0.788. The van der Waals surface area contributed by atoms with E-state index in [0.29, 0.717) is 6.54 Å². The summed E-state index contributed by atoms with van der Waals surface area (Å²) in [4.78, 5) is 17.2. The maximum absolute atomic E-state index is 12.9. The summed E-state index contributed by atoms with van der Waals surface area (Å²) in [6.07, 6.45) is 4.02. The average molecular weight is 238 g/mol. The molecule has 1 N–H and O–H groups in total. The molecule has 0 aliphatic carbocycles. The largest absolute Gasteiger partial charge is 0.394 e. The molecule has 0 spiro atoms. The number of likely N-dealkylation sites (tertiary alicyclic amines) is 1. The second kappa shape index (κ2) is 5.23. The standard InChI is InChI=1S/C12H15FN2O2/c13-11-7-9(4-5-14-11)12(17)15-6-2-1-3-10(15)8-16/h4-5,7,10,16H,1-3,6,8H2. The summed E-state index contributed by atoms with van der Waals surface area (Å²) >= 11 is 0. The summed E-state index contributed by atoms with van der Waals surface area (Å²) in [6.45, 7) is 0.577. The highest BCUT2D eigenvalue weighted by molar-refractivity contribution is 5.94. The minimum absolute atomic E-state index is 0.0424. The molecule has 1 amide bonds. The third-order valence-electron chi connectivity index (χ3n) is 3.07. The third kappa shape index (κ3) is 2.61. The van der Waals surface area contributed by atoms with Crippen molar-refractivity contribution in [3.63, 3.8) is 0 Å². The van der Waals surface area contributed by atoms with Crippen molar-refractivity contribution in [2.24, 2.45) is 0 Å². The monoisotopic (exact) mass is 238 g/mol. The number of aliphatic hydroxyl groups excluding tert-OH is 1. The molecule has 1 aromatic heterocycles. The van der Waals surface area contributed by atoms with Crippen LogP contribution < -0.4 is 0 Å². The molecule has 0 bridgehead atoms. The fraction of sp³-hybridized carbons (Fsp3) is 0.500. The molecule has 4 nitrogen and oxygen atoms in total. The van der Waals surface area contributed by atoms with Crippen LogP contribution in [0.5, 0.6) is 0 Å². The first-order valence-electron chi connectivity index (χ1n) is 5.76. The summed E-state index contributed by atoms with van der Waals surface area (Å²) in [7, 11) is 0. The van der Waals surface area contributed by atoms with Gasteiger partial charge in [-0.1, -0.05) is 0 Å². The van der Waals surface area contributed by atoms with Crippen LogP contribution in [0.2, 0.25) is 0 Å². The van der Waals surface area contributed by atoms with Crippen LogP contribution in [0.1, 0.15) is 29.6 Å². The summed E-state index contributed by atoms with van der Waals surface area (Å²) in [5.74, 6) is -0.890. The topological polar surface area (TPSA) is 53.4 Å². The zero-order valence-corrected chi connectivity index (χ0v) is 9.47. The van der Waals surface area contributed by atoms with Gasteiger partial charge in [-0.2, -0.15) is 4.39 Å². The van der Waals surface area contributed by atoms with Gasteiger partial charge in [0.15, 0.2) is 0 Å². The molecule has 2 rings (SSSR count). The van der Waals surface area contributed by atoms with Gasteiger partial charge in [-0.15, -0.1) is 0 Å². The lowest BCUT2D eigenvalue weighted by molar-refractivity contribution is 0.0502. The Bertz CT molecular complexity index is 411. The second-order valence-electron chi connectivity index (χ2n) is 4.20. The minimum atomic E-state index is -0.659. The van der Waals surface area contributed by atoms with Gasteiger partial charge >= 0.3 is 0 Å². The normalized spacial score (nSPS) is 20.4. The number of carbonyl (C=O) groups is 1. The van der Waals surface area contributed by atoms with Crippen molar-refractivity contribution in [2.45, 2.75) is 25.3 Å². The number of halogens is 1. The molecule has 1 aromatic rings. The van der Waals surface area contributed by atoms with Crippen LogP contribution in [0.4, 0.5) is 4.39 Å². The van der Waals surface area contributed by atoms with E-state index in [1.807, 2.05) is 0 Å². The molecule has 0 aromatic carbocycles. The Balaban J connectivity index is 2.18. The average Bonchev–Trinajstić information content (AvgIpc) is 2.38. The van der Waals surface area contributed by atoms with Crippen molar-refractivity contribution in [1.82, 2.24) is 9.88 Å². The third-order valence-corrected chi connectivity index (χ3v) is 3.07. The number of hydrogen-bond donors (Lipinski definition) is 1. The number of hydrogen-bond acceptors (Lipinski definition) is 3. The van der Waals surface area contributed by atoms with Crippen LogP contribution in [0, 0.1) is 5.95 Å². The number of aromatic nitrogens is 1. The zero-order valence-electron chi connectivity index (χ0n) is 9.47. The Morgan fingerprint density at radius 2 is 2.41 bits per heavy atom.